The van der Waals surface area contributed by atoms with Gasteiger partial charge in [-0.25, -0.2) is 0 Å². The van der Waals surface area contributed by atoms with Gasteiger partial charge in [0, 0.05) is 105 Å². The van der Waals surface area contributed by atoms with E-state index in [1.807, 2.05) is 9.80 Å². The van der Waals surface area contributed by atoms with Crippen LogP contribution in [0.3, 0.4) is 0 Å². The van der Waals surface area contributed by atoms with Crippen molar-refractivity contribution in [2.24, 2.45) is 0 Å². The van der Waals surface area contributed by atoms with Gasteiger partial charge in [0.2, 0.25) is 11.8 Å². The van der Waals surface area contributed by atoms with Gasteiger partial charge in [-0.1, -0.05) is 0 Å². The molecule has 0 bridgehead atoms. The van der Waals surface area contributed by atoms with Crippen molar-refractivity contribution in [1.82, 2.24) is 39.2 Å². The Morgan fingerprint density at radius 1 is 0.410 bits per heavy atom. The number of halogens is 1. The van der Waals surface area contributed by atoms with E-state index in [-0.39, 0.29) is 12.4 Å². The molecule has 0 aromatic heterocycles. The Labute approximate surface area is 244 Å². The molecule has 0 unspecified atom stereocenters. The maximum absolute atomic E-state index is 11.9. The molecular weight excluding hydrogens is 516 g/mol. The Morgan fingerprint density at radius 2 is 0.641 bits per heavy atom. The summed E-state index contributed by atoms with van der Waals surface area (Å²) in [5.74, 6) is 0.661. The molecule has 5 fully saturated rings. The van der Waals surface area contributed by atoms with Crippen molar-refractivity contribution in [3.05, 3.63) is 0 Å². The number of hydrogen-bond donors (Lipinski definition) is 0. The summed E-state index contributed by atoms with van der Waals surface area (Å²) in [6.07, 6.45) is 4.76. The monoisotopic (exact) mass is 572 g/mol. The van der Waals surface area contributed by atoms with Crippen LogP contribution in [0.5, 0.6) is 0 Å². The van der Waals surface area contributed by atoms with E-state index in [0.717, 1.165) is 78.5 Å². The molecule has 0 radical (unpaired) electrons. The van der Waals surface area contributed by atoms with Crippen molar-refractivity contribution in [2.75, 3.05) is 146 Å². The quantitative estimate of drug-likeness (QED) is 0.467. The standard InChI is InChI=1S/2C11H21N3O.C6H14N2.ClH/c2*1-12-6-8-13(9-7-12)10-11(15)14-4-2-3-5-14;1-7-3-5-8(2)6-4-7;/h2*2-10H2,1H3;3-6H2,1-2H3;1H. The molecular formula is C28H57ClN8O2. The summed E-state index contributed by atoms with van der Waals surface area (Å²) in [6.45, 7) is 18.6. The number of amides is 2. The molecule has 0 aromatic rings. The smallest absolute Gasteiger partial charge is 0.236 e. The molecule has 5 aliphatic rings. The van der Waals surface area contributed by atoms with Gasteiger partial charge in [0.05, 0.1) is 13.1 Å². The summed E-state index contributed by atoms with van der Waals surface area (Å²) < 4.78 is 0. The number of carbonyl (C=O) groups excluding carboxylic acids is 2. The Kier molecular flexibility index (Phi) is 16.2. The highest BCUT2D eigenvalue weighted by molar-refractivity contribution is 5.85. The van der Waals surface area contributed by atoms with Crippen LogP contribution >= 0.6 is 12.4 Å². The summed E-state index contributed by atoms with van der Waals surface area (Å²) >= 11 is 0. The van der Waals surface area contributed by atoms with Gasteiger partial charge in [-0.3, -0.25) is 19.4 Å². The summed E-state index contributed by atoms with van der Waals surface area (Å²) in [5.41, 5.74) is 0. The lowest BCUT2D eigenvalue weighted by Gasteiger charge is -2.32. The summed E-state index contributed by atoms with van der Waals surface area (Å²) in [4.78, 5) is 41.7. The summed E-state index contributed by atoms with van der Waals surface area (Å²) in [6, 6.07) is 0. The molecule has 5 rings (SSSR count). The molecule has 0 aromatic carbocycles. The third-order valence-corrected chi connectivity index (χ3v) is 8.55. The number of likely N-dealkylation sites (tertiary alicyclic amines) is 2. The van der Waals surface area contributed by atoms with Gasteiger partial charge < -0.3 is 29.4 Å². The topological polar surface area (TPSA) is 60.1 Å². The average Bonchev–Trinajstić information content (AvgIpc) is 3.65. The van der Waals surface area contributed by atoms with E-state index in [1.165, 1.54) is 51.9 Å². The van der Waals surface area contributed by atoms with Crippen molar-refractivity contribution in [1.29, 1.82) is 0 Å². The summed E-state index contributed by atoms with van der Waals surface area (Å²) in [5, 5.41) is 0. The average molecular weight is 573 g/mol. The number of piperazine rings is 3. The first-order valence-corrected chi connectivity index (χ1v) is 15.0. The van der Waals surface area contributed by atoms with Gasteiger partial charge in [-0.15, -0.1) is 12.4 Å². The molecule has 0 atom stereocenters. The van der Waals surface area contributed by atoms with Crippen molar-refractivity contribution in [3.8, 4) is 0 Å². The van der Waals surface area contributed by atoms with Gasteiger partial charge in [0.1, 0.15) is 0 Å². The van der Waals surface area contributed by atoms with Crippen molar-refractivity contribution < 1.29 is 9.59 Å². The van der Waals surface area contributed by atoms with Crippen molar-refractivity contribution >= 4 is 24.2 Å². The molecule has 5 saturated heterocycles. The normalized spacial score (nSPS) is 24.4. The predicted octanol–water partition coefficient (Wildman–Crippen LogP) is -0.00220. The zero-order valence-electron chi connectivity index (χ0n) is 25.4. The number of carbonyl (C=O) groups is 2. The van der Waals surface area contributed by atoms with Crippen LogP contribution in [-0.2, 0) is 9.59 Å². The van der Waals surface area contributed by atoms with E-state index < -0.39 is 0 Å². The first-order chi connectivity index (χ1) is 18.3. The first-order valence-electron chi connectivity index (χ1n) is 15.0. The molecule has 5 heterocycles. The molecule has 0 aliphatic carbocycles. The van der Waals surface area contributed by atoms with Crippen LogP contribution in [0.4, 0.5) is 0 Å². The maximum Gasteiger partial charge on any atom is 0.236 e. The highest BCUT2D eigenvalue weighted by Gasteiger charge is 2.23. The van der Waals surface area contributed by atoms with E-state index >= 15 is 0 Å². The third-order valence-electron chi connectivity index (χ3n) is 8.55. The lowest BCUT2D eigenvalue weighted by molar-refractivity contribution is -0.132. The van der Waals surface area contributed by atoms with E-state index in [1.54, 1.807) is 0 Å². The number of rotatable bonds is 4. The zero-order chi connectivity index (χ0) is 27.3. The second-order valence-electron chi connectivity index (χ2n) is 11.9. The van der Waals surface area contributed by atoms with Crippen LogP contribution in [0, 0.1) is 0 Å². The van der Waals surface area contributed by atoms with Crippen LogP contribution in [0.2, 0.25) is 0 Å². The largest absolute Gasteiger partial charge is 0.342 e. The van der Waals surface area contributed by atoms with Crippen LogP contribution < -0.4 is 0 Å². The Bertz CT molecular complexity index is 623. The molecule has 228 valence electrons. The molecule has 39 heavy (non-hydrogen) atoms. The zero-order valence-corrected chi connectivity index (χ0v) is 26.2. The van der Waals surface area contributed by atoms with Crippen LogP contribution in [0.15, 0.2) is 0 Å². The second-order valence-corrected chi connectivity index (χ2v) is 11.9. The van der Waals surface area contributed by atoms with Crippen LogP contribution in [0.1, 0.15) is 25.7 Å². The van der Waals surface area contributed by atoms with Gasteiger partial charge in [0.15, 0.2) is 0 Å². The van der Waals surface area contributed by atoms with Crippen molar-refractivity contribution in [3.63, 3.8) is 0 Å². The van der Waals surface area contributed by atoms with E-state index in [4.69, 9.17) is 0 Å². The first kappa shape index (κ1) is 34.2. The summed E-state index contributed by atoms with van der Waals surface area (Å²) in [7, 11) is 8.62. The van der Waals surface area contributed by atoms with Crippen LogP contribution in [0.25, 0.3) is 0 Å². The SMILES string of the molecule is CN1CCN(C)CC1.CN1CCN(CC(=O)N2CCCC2)CC1.CN1CCN(CC(=O)N2CCCC2)CC1.Cl. The fourth-order valence-electron chi connectivity index (χ4n) is 5.43. The van der Waals surface area contributed by atoms with E-state index in [9.17, 15) is 9.59 Å². The minimum absolute atomic E-state index is 0. The Morgan fingerprint density at radius 3 is 0.897 bits per heavy atom. The van der Waals surface area contributed by atoms with Gasteiger partial charge in [0.25, 0.3) is 0 Å². The van der Waals surface area contributed by atoms with Gasteiger partial charge in [-0.2, -0.15) is 0 Å². The highest BCUT2D eigenvalue weighted by atomic mass is 35.5. The van der Waals surface area contributed by atoms with Gasteiger partial charge >= 0.3 is 0 Å². The number of likely N-dealkylation sites (N-methyl/N-ethyl adjacent to an activating group) is 4. The fraction of sp³-hybridized carbons (Fsp3) is 0.929. The number of hydrogen-bond acceptors (Lipinski definition) is 8. The molecule has 0 N–H and O–H groups in total. The third kappa shape index (κ3) is 13.0. The molecule has 0 saturated carbocycles. The minimum atomic E-state index is 0. The second kappa shape index (κ2) is 18.4. The Hall–Kier alpha value is -1.01. The van der Waals surface area contributed by atoms with Crippen LogP contribution in [-0.4, -0.2) is 197 Å². The lowest BCUT2D eigenvalue weighted by atomic mass is 10.3. The van der Waals surface area contributed by atoms with E-state index in [0.29, 0.717) is 24.9 Å². The highest BCUT2D eigenvalue weighted by Crippen LogP contribution is 2.10. The maximum atomic E-state index is 11.9. The number of nitrogens with zero attached hydrogens (tertiary/aromatic N) is 8. The molecule has 10 nitrogen and oxygen atoms in total. The molecule has 5 aliphatic heterocycles. The molecule has 2 amide bonds. The Balaban J connectivity index is 0.000000212. The minimum Gasteiger partial charge on any atom is -0.342 e. The van der Waals surface area contributed by atoms with Crippen molar-refractivity contribution in [2.45, 2.75) is 25.7 Å². The van der Waals surface area contributed by atoms with Gasteiger partial charge in [-0.05, 0) is 53.9 Å². The molecule has 0 spiro atoms. The van der Waals surface area contributed by atoms with E-state index in [2.05, 4.69) is 57.6 Å². The molecule has 11 heteroatoms. The predicted molar refractivity (Wildman–Crippen MR) is 162 cm³/mol. The fourth-order valence-corrected chi connectivity index (χ4v) is 5.43. The lowest BCUT2D eigenvalue weighted by Crippen LogP contribution is -2.48.